The summed E-state index contributed by atoms with van der Waals surface area (Å²) >= 11 is 7.30. The van der Waals surface area contributed by atoms with E-state index in [1.807, 2.05) is 16.8 Å². The zero-order valence-corrected chi connectivity index (χ0v) is 11.8. The maximum Gasteiger partial charge on any atom is 0.251 e. The number of aryl methyl sites for hydroxylation is 1. The Balaban J connectivity index is 1.98. The number of pyridine rings is 1. The first kappa shape index (κ1) is 14.0. The lowest BCUT2D eigenvalue weighted by atomic mass is 10.2. The average molecular weight is 297 g/mol. The molecule has 19 heavy (non-hydrogen) atoms. The van der Waals surface area contributed by atoms with Crippen LogP contribution < -0.4 is 5.32 Å². The van der Waals surface area contributed by atoms with Gasteiger partial charge in [0.05, 0.1) is 6.10 Å². The molecule has 4 nitrogen and oxygen atoms in total. The SMILES string of the molecule is Cc1cc(C(=O)NCC(O)c2ccsc2)cc(Cl)n1. The number of aliphatic hydroxyl groups excluding tert-OH is 1. The van der Waals surface area contributed by atoms with Gasteiger partial charge in [0.2, 0.25) is 0 Å². The Bertz CT molecular complexity index is 552. The molecule has 2 aromatic rings. The monoisotopic (exact) mass is 296 g/mol. The Labute approximate surface area is 120 Å². The molecule has 0 aromatic carbocycles. The normalized spacial score (nSPS) is 12.2. The number of halogens is 1. The van der Waals surface area contributed by atoms with Crippen molar-refractivity contribution >= 4 is 28.8 Å². The highest BCUT2D eigenvalue weighted by molar-refractivity contribution is 7.07. The number of thiophene rings is 1. The van der Waals surface area contributed by atoms with Crippen LogP contribution in [0.1, 0.15) is 27.7 Å². The number of hydrogen-bond donors (Lipinski definition) is 2. The third-order valence-corrected chi connectivity index (χ3v) is 3.46. The molecule has 0 aliphatic carbocycles. The van der Waals surface area contributed by atoms with Gasteiger partial charge in [0, 0.05) is 17.8 Å². The van der Waals surface area contributed by atoms with Crippen LogP contribution in [0.2, 0.25) is 5.15 Å². The van der Waals surface area contributed by atoms with E-state index < -0.39 is 6.10 Å². The first-order valence-electron chi connectivity index (χ1n) is 5.69. The smallest absolute Gasteiger partial charge is 0.251 e. The maximum absolute atomic E-state index is 11.9. The van der Waals surface area contributed by atoms with Gasteiger partial charge in [-0.1, -0.05) is 11.6 Å². The first-order chi connectivity index (χ1) is 9.06. The van der Waals surface area contributed by atoms with E-state index in [-0.39, 0.29) is 17.6 Å². The summed E-state index contributed by atoms with van der Waals surface area (Å²) in [6.45, 7) is 1.93. The topological polar surface area (TPSA) is 62.2 Å². The van der Waals surface area contributed by atoms with Crippen LogP contribution >= 0.6 is 22.9 Å². The quantitative estimate of drug-likeness (QED) is 0.853. The van der Waals surface area contributed by atoms with E-state index in [0.29, 0.717) is 11.3 Å². The lowest BCUT2D eigenvalue weighted by molar-refractivity contribution is 0.0916. The van der Waals surface area contributed by atoms with Gasteiger partial charge in [0.15, 0.2) is 0 Å². The summed E-state index contributed by atoms with van der Waals surface area (Å²) < 4.78 is 0. The molecule has 1 amide bonds. The standard InChI is InChI=1S/C13H13ClN2O2S/c1-8-4-10(5-12(14)16-8)13(18)15-6-11(17)9-2-3-19-7-9/h2-5,7,11,17H,6H2,1H3,(H,15,18). The minimum atomic E-state index is -0.700. The summed E-state index contributed by atoms with van der Waals surface area (Å²) in [6.07, 6.45) is -0.700. The molecule has 100 valence electrons. The predicted octanol–water partition coefficient (Wildman–Crippen LogP) is 2.57. The first-order valence-corrected chi connectivity index (χ1v) is 7.01. The zero-order chi connectivity index (χ0) is 13.8. The van der Waals surface area contributed by atoms with Crippen molar-refractivity contribution in [2.45, 2.75) is 13.0 Å². The van der Waals surface area contributed by atoms with Crippen LogP contribution in [-0.2, 0) is 0 Å². The molecule has 0 spiro atoms. The van der Waals surface area contributed by atoms with E-state index >= 15 is 0 Å². The Morgan fingerprint density at radius 2 is 2.37 bits per heavy atom. The lowest BCUT2D eigenvalue weighted by Gasteiger charge is -2.11. The van der Waals surface area contributed by atoms with Gasteiger partial charge >= 0.3 is 0 Å². The van der Waals surface area contributed by atoms with Crippen LogP contribution in [0, 0.1) is 6.92 Å². The molecule has 0 saturated heterocycles. The van der Waals surface area contributed by atoms with Gasteiger partial charge < -0.3 is 10.4 Å². The van der Waals surface area contributed by atoms with Crippen LogP contribution in [0.25, 0.3) is 0 Å². The number of nitrogens with zero attached hydrogens (tertiary/aromatic N) is 1. The summed E-state index contributed by atoms with van der Waals surface area (Å²) in [5.41, 5.74) is 1.92. The lowest BCUT2D eigenvalue weighted by Crippen LogP contribution is -2.28. The molecule has 0 radical (unpaired) electrons. The van der Waals surface area contributed by atoms with Gasteiger partial charge in [-0.2, -0.15) is 11.3 Å². The van der Waals surface area contributed by atoms with Crippen LogP contribution in [0.15, 0.2) is 29.0 Å². The van der Waals surface area contributed by atoms with Crippen molar-refractivity contribution < 1.29 is 9.90 Å². The van der Waals surface area contributed by atoms with Gasteiger partial charge in [-0.15, -0.1) is 0 Å². The fraction of sp³-hybridized carbons (Fsp3) is 0.231. The Morgan fingerprint density at radius 3 is 3.00 bits per heavy atom. The molecule has 0 aliphatic rings. The summed E-state index contributed by atoms with van der Waals surface area (Å²) in [4.78, 5) is 15.9. The molecule has 1 unspecified atom stereocenters. The highest BCUT2D eigenvalue weighted by Crippen LogP contribution is 2.15. The van der Waals surface area contributed by atoms with Gasteiger partial charge in [-0.3, -0.25) is 4.79 Å². The Kier molecular flexibility index (Phi) is 4.52. The minimum absolute atomic E-state index is 0.161. The third kappa shape index (κ3) is 3.76. The van der Waals surface area contributed by atoms with Crippen molar-refractivity contribution in [3.8, 4) is 0 Å². The Hall–Kier alpha value is -1.43. The second-order valence-corrected chi connectivity index (χ2v) is 5.27. The van der Waals surface area contributed by atoms with Gasteiger partial charge in [-0.05, 0) is 41.4 Å². The largest absolute Gasteiger partial charge is 0.387 e. The molecule has 0 fully saturated rings. The van der Waals surface area contributed by atoms with Crippen LogP contribution in [0.4, 0.5) is 0 Å². The number of rotatable bonds is 4. The number of aliphatic hydroxyl groups is 1. The molecule has 2 N–H and O–H groups in total. The van der Waals surface area contributed by atoms with Crippen molar-refractivity contribution in [2.24, 2.45) is 0 Å². The Morgan fingerprint density at radius 1 is 1.58 bits per heavy atom. The molecule has 6 heteroatoms. The predicted molar refractivity (Wildman–Crippen MR) is 75.6 cm³/mol. The molecule has 0 saturated carbocycles. The average Bonchev–Trinajstić information content (AvgIpc) is 2.88. The fourth-order valence-corrected chi connectivity index (χ4v) is 2.59. The van der Waals surface area contributed by atoms with Gasteiger partial charge in [-0.25, -0.2) is 4.98 Å². The van der Waals surface area contributed by atoms with Crippen LogP contribution in [0.3, 0.4) is 0 Å². The number of carbonyl (C=O) groups excluding carboxylic acids is 1. The molecule has 2 aromatic heterocycles. The number of hydrogen-bond acceptors (Lipinski definition) is 4. The number of aromatic nitrogens is 1. The van der Waals surface area contributed by atoms with E-state index in [9.17, 15) is 9.90 Å². The molecular weight excluding hydrogens is 284 g/mol. The molecule has 1 atom stereocenters. The molecule has 2 rings (SSSR count). The van der Waals surface area contributed by atoms with E-state index in [2.05, 4.69) is 10.3 Å². The highest BCUT2D eigenvalue weighted by atomic mass is 35.5. The van der Waals surface area contributed by atoms with Crippen molar-refractivity contribution in [1.29, 1.82) is 0 Å². The van der Waals surface area contributed by atoms with E-state index in [1.54, 1.807) is 13.0 Å². The van der Waals surface area contributed by atoms with Crippen LogP contribution in [0.5, 0.6) is 0 Å². The number of amides is 1. The van der Waals surface area contributed by atoms with E-state index in [1.165, 1.54) is 17.4 Å². The fourth-order valence-electron chi connectivity index (χ4n) is 1.63. The van der Waals surface area contributed by atoms with E-state index in [4.69, 9.17) is 11.6 Å². The minimum Gasteiger partial charge on any atom is -0.387 e. The zero-order valence-electron chi connectivity index (χ0n) is 10.3. The van der Waals surface area contributed by atoms with Crippen molar-refractivity contribution in [3.63, 3.8) is 0 Å². The molecule has 0 aliphatic heterocycles. The molecular formula is C13H13ClN2O2S. The highest BCUT2D eigenvalue weighted by Gasteiger charge is 2.12. The van der Waals surface area contributed by atoms with Gasteiger partial charge in [0.25, 0.3) is 5.91 Å². The maximum atomic E-state index is 11.9. The second kappa shape index (κ2) is 6.14. The second-order valence-electron chi connectivity index (χ2n) is 4.10. The molecule has 2 heterocycles. The van der Waals surface area contributed by atoms with Crippen molar-refractivity contribution in [3.05, 3.63) is 50.9 Å². The van der Waals surface area contributed by atoms with Crippen LogP contribution in [-0.4, -0.2) is 22.5 Å². The van der Waals surface area contributed by atoms with Gasteiger partial charge in [0.1, 0.15) is 5.15 Å². The summed E-state index contributed by atoms with van der Waals surface area (Å²) in [7, 11) is 0. The summed E-state index contributed by atoms with van der Waals surface area (Å²) in [5.74, 6) is -0.276. The molecule has 0 bridgehead atoms. The van der Waals surface area contributed by atoms with Crippen molar-refractivity contribution in [2.75, 3.05) is 6.54 Å². The van der Waals surface area contributed by atoms with E-state index in [0.717, 1.165) is 5.56 Å². The summed E-state index contributed by atoms with van der Waals surface area (Å²) in [6, 6.07) is 4.98. The van der Waals surface area contributed by atoms with Crippen molar-refractivity contribution in [1.82, 2.24) is 10.3 Å². The number of carbonyl (C=O) groups is 1. The summed E-state index contributed by atoms with van der Waals surface area (Å²) in [5, 5.41) is 16.6. The third-order valence-electron chi connectivity index (χ3n) is 2.57. The number of nitrogens with one attached hydrogen (secondary N) is 1.